The Morgan fingerprint density at radius 2 is 1.57 bits per heavy atom. The largest absolute Gasteiger partial charge is 0.331 e. The first-order valence-corrected chi connectivity index (χ1v) is 8.82. The molecule has 0 aromatic heterocycles. The van der Waals surface area contributed by atoms with Crippen LogP contribution >= 0.6 is 28.1 Å². The van der Waals surface area contributed by atoms with Gasteiger partial charge in [-0.2, -0.15) is 0 Å². The van der Waals surface area contributed by atoms with E-state index in [0.717, 1.165) is 21.3 Å². The first kappa shape index (κ1) is 18.2. The molecule has 2 rings (SSSR count). The maximum Gasteiger partial charge on any atom is 0.242 e. The van der Waals surface area contributed by atoms with Gasteiger partial charge in [0.25, 0.3) is 0 Å². The van der Waals surface area contributed by atoms with E-state index in [4.69, 9.17) is 12.2 Å². The van der Waals surface area contributed by atoms with E-state index in [1.807, 2.05) is 26.0 Å². The average Bonchev–Trinajstić information content (AvgIpc) is 2.81. The molecule has 4 nitrogen and oxygen atoms in total. The topological polar surface area (TPSA) is 53.2 Å². The third-order valence-electron chi connectivity index (χ3n) is 5.32. The van der Waals surface area contributed by atoms with Crippen LogP contribution in [-0.2, 0) is 4.79 Å². The molecule has 1 aromatic carbocycles. The SMILES string of the molecule is Cc1cc(Br)cc(C)c1NC(=S)NNC(=O)C1C(C)(C)C1(C)C. The summed E-state index contributed by atoms with van der Waals surface area (Å²) in [6, 6.07) is 4.04. The molecule has 0 atom stereocenters. The Balaban J connectivity index is 1.93. The molecule has 6 heteroatoms. The first-order chi connectivity index (χ1) is 10.5. The molecular formula is C17H24BrN3OS. The van der Waals surface area contributed by atoms with Crippen molar-refractivity contribution in [2.75, 3.05) is 5.32 Å². The second-order valence-electron chi connectivity index (χ2n) is 7.36. The lowest BCUT2D eigenvalue weighted by Crippen LogP contribution is -2.45. The fourth-order valence-electron chi connectivity index (χ4n) is 3.29. The van der Waals surface area contributed by atoms with Gasteiger partial charge in [0.15, 0.2) is 5.11 Å². The van der Waals surface area contributed by atoms with Crippen molar-refractivity contribution >= 4 is 44.9 Å². The Morgan fingerprint density at radius 1 is 1.09 bits per heavy atom. The number of hydrogen-bond acceptors (Lipinski definition) is 2. The summed E-state index contributed by atoms with van der Waals surface area (Å²) < 4.78 is 1.03. The van der Waals surface area contributed by atoms with Gasteiger partial charge in [-0.1, -0.05) is 43.6 Å². The number of halogens is 1. The van der Waals surface area contributed by atoms with Crippen molar-refractivity contribution in [3.05, 3.63) is 27.7 Å². The van der Waals surface area contributed by atoms with Gasteiger partial charge < -0.3 is 5.32 Å². The van der Waals surface area contributed by atoms with Crippen molar-refractivity contribution < 1.29 is 4.79 Å². The summed E-state index contributed by atoms with van der Waals surface area (Å²) in [5.41, 5.74) is 8.66. The van der Waals surface area contributed by atoms with E-state index in [9.17, 15) is 4.79 Å². The molecule has 0 spiro atoms. The van der Waals surface area contributed by atoms with Gasteiger partial charge in [-0.05, 0) is 60.2 Å². The Kier molecular flexibility index (Phi) is 4.79. The number of carbonyl (C=O) groups is 1. The Hall–Kier alpha value is -1.14. The maximum atomic E-state index is 12.3. The van der Waals surface area contributed by atoms with Crippen LogP contribution < -0.4 is 16.2 Å². The number of aryl methyl sites for hydroxylation is 2. The standard InChI is InChI=1S/C17H24BrN3OS/c1-9-7-11(18)8-10(2)12(9)19-15(23)21-20-14(22)13-16(3,4)17(13,5)6/h7-8,13H,1-6H3,(H,20,22)(H2,19,21,23). The number of amides is 1. The van der Waals surface area contributed by atoms with E-state index in [2.05, 4.69) is 59.8 Å². The summed E-state index contributed by atoms with van der Waals surface area (Å²) in [5, 5.41) is 3.52. The number of anilines is 1. The zero-order valence-corrected chi connectivity index (χ0v) is 16.8. The number of thiocarbonyl (C=S) groups is 1. The number of benzene rings is 1. The van der Waals surface area contributed by atoms with Gasteiger partial charge in [0.2, 0.25) is 5.91 Å². The highest BCUT2D eigenvalue weighted by Crippen LogP contribution is 2.68. The molecule has 1 fully saturated rings. The van der Waals surface area contributed by atoms with Gasteiger partial charge in [-0.15, -0.1) is 0 Å². The molecule has 0 aliphatic heterocycles. The van der Waals surface area contributed by atoms with Crippen LogP contribution in [-0.4, -0.2) is 11.0 Å². The van der Waals surface area contributed by atoms with Crippen molar-refractivity contribution in [3.63, 3.8) is 0 Å². The van der Waals surface area contributed by atoms with Crippen LogP contribution in [0.25, 0.3) is 0 Å². The normalized spacial score (nSPS) is 18.2. The molecule has 1 aromatic rings. The molecule has 23 heavy (non-hydrogen) atoms. The quantitative estimate of drug-likeness (QED) is 0.520. The van der Waals surface area contributed by atoms with Gasteiger partial charge in [-0.25, -0.2) is 0 Å². The number of rotatable bonds is 2. The third kappa shape index (κ3) is 3.38. The summed E-state index contributed by atoms with van der Waals surface area (Å²) in [5.74, 6) is -0.0325. The average molecular weight is 398 g/mol. The van der Waals surface area contributed by atoms with E-state index in [0.29, 0.717) is 5.11 Å². The first-order valence-electron chi connectivity index (χ1n) is 7.62. The second kappa shape index (κ2) is 6.06. The number of carbonyl (C=O) groups excluding carboxylic acids is 1. The van der Waals surface area contributed by atoms with Crippen molar-refractivity contribution in [1.29, 1.82) is 0 Å². The van der Waals surface area contributed by atoms with Gasteiger partial charge in [0.05, 0.1) is 5.92 Å². The predicted molar refractivity (Wildman–Crippen MR) is 102 cm³/mol. The molecule has 1 amide bonds. The van der Waals surface area contributed by atoms with E-state index in [1.54, 1.807) is 0 Å². The highest BCUT2D eigenvalue weighted by atomic mass is 79.9. The number of hydrazine groups is 1. The van der Waals surface area contributed by atoms with Crippen LogP contribution in [0, 0.1) is 30.6 Å². The van der Waals surface area contributed by atoms with E-state index >= 15 is 0 Å². The lowest BCUT2D eigenvalue weighted by atomic mass is 10.0. The molecule has 0 unspecified atom stereocenters. The molecule has 0 bridgehead atoms. The van der Waals surface area contributed by atoms with Crippen LogP contribution in [0.1, 0.15) is 38.8 Å². The summed E-state index contributed by atoms with van der Waals surface area (Å²) in [4.78, 5) is 12.3. The molecule has 0 saturated heterocycles. The molecule has 1 aliphatic rings. The molecule has 3 N–H and O–H groups in total. The lowest BCUT2D eigenvalue weighted by Gasteiger charge is -2.16. The van der Waals surface area contributed by atoms with E-state index in [1.165, 1.54) is 0 Å². The molecule has 126 valence electrons. The van der Waals surface area contributed by atoms with Crippen LogP contribution in [0.3, 0.4) is 0 Å². The Morgan fingerprint density at radius 3 is 2.00 bits per heavy atom. The van der Waals surface area contributed by atoms with Crippen molar-refractivity contribution in [2.45, 2.75) is 41.5 Å². The fraction of sp³-hybridized carbons (Fsp3) is 0.529. The van der Waals surface area contributed by atoms with Gasteiger partial charge in [0, 0.05) is 10.2 Å². The van der Waals surface area contributed by atoms with Crippen LogP contribution in [0.4, 0.5) is 5.69 Å². The minimum atomic E-state index is -0.0200. The smallest absolute Gasteiger partial charge is 0.242 e. The highest BCUT2D eigenvalue weighted by Gasteiger charge is 2.68. The van der Waals surface area contributed by atoms with Crippen LogP contribution in [0.5, 0.6) is 0 Å². The minimum Gasteiger partial charge on any atom is -0.331 e. The monoisotopic (exact) mass is 397 g/mol. The van der Waals surface area contributed by atoms with Crippen LogP contribution in [0.2, 0.25) is 0 Å². The molecule has 0 heterocycles. The molecule has 0 radical (unpaired) electrons. The number of hydrogen-bond donors (Lipinski definition) is 3. The summed E-state index contributed by atoms with van der Waals surface area (Å²) in [6.07, 6.45) is 0. The fourth-order valence-corrected chi connectivity index (χ4v) is 4.13. The van der Waals surface area contributed by atoms with Gasteiger partial charge >= 0.3 is 0 Å². The summed E-state index contributed by atoms with van der Waals surface area (Å²) in [7, 11) is 0. The van der Waals surface area contributed by atoms with Crippen molar-refractivity contribution in [2.24, 2.45) is 16.7 Å². The second-order valence-corrected chi connectivity index (χ2v) is 8.68. The minimum absolute atomic E-state index is 0.00664. The highest BCUT2D eigenvalue weighted by molar-refractivity contribution is 9.10. The zero-order chi connectivity index (χ0) is 17.6. The summed E-state index contributed by atoms with van der Waals surface area (Å²) in [6.45, 7) is 12.5. The zero-order valence-electron chi connectivity index (χ0n) is 14.4. The van der Waals surface area contributed by atoms with Crippen molar-refractivity contribution in [3.8, 4) is 0 Å². The van der Waals surface area contributed by atoms with Crippen LogP contribution in [0.15, 0.2) is 16.6 Å². The van der Waals surface area contributed by atoms with E-state index < -0.39 is 0 Å². The van der Waals surface area contributed by atoms with E-state index in [-0.39, 0.29) is 22.7 Å². The lowest BCUT2D eigenvalue weighted by molar-refractivity contribution is -0.124. The maximum absolute atomic E-state index is 12.3. The third-order valence-corrected chi connectivity index (χ3v) is 5.98. The predicted octanol–water partition coefficient (Wildman–Crippen LogP) is 4.07. The van der Waals surface area contributed by atoms with Gasteiger partial charge in [0.1, 0.15) is 0 Å². The number of nitrogens with one attached hydrogen (secondary N) is 3. The van der Waals surface area contributed by atoms with Gasteiger partial charge in [-0.3, -0.25) is 15.6 Å². The Bertz CT molecular complexity index is 633. The molecule has 1 aliphatic carbocycles. The molecular weight excluding hydrogens is 374 g/mol. The Labute approximate surface area is 151 Å². The van der Waals surface area contributed by atoms with Crippen molar-refractivity contribution in [1.82, 2.24) is 10.9 Å². The summed E-state index contributed by atoms with van der Waals surface area (Å²) >= 11 is 8.75. The molecule has 1 saturated carbocycles.